The first kappa shape index (κ1) is 17.4. The van der Waals surface area contributed by atoms with Crippen LogP contribution in [0.25, 0.3) is 0 Å². The van der Waals surface area contributed by atoms with Crippen molar-refractivity contribution >= 4 is 5.84 Å². The molecule has 0 unspecified atom stereocenters. The molecule has 0 saturated heterocycles. The number of hydrogen-bond acceptors (Lipinski definition) is 3. The van der Waals surface area contributed by atoms with E-state index in [4.69, 9.17) is 4.99 Å². The van der Waals surface area contributed by atoms with Gasteiger partial charge in [0.2, 0.25) is 0 Å². The molecule has 2 N–H and O–H groups in total. The Labute approximate surface area is 145 Å². The van der Waals surface area contributed by atoms with E-state index in [-0.39, 0.29) is 11.4 Å². The van der Waals surface area contributed by atoms with Crippen molar-refractivity contribution in [1.29, 1.82) is 0 Å². The smallest absolute Gasteiger partial charge is 0.123 e. The molecule has 4 heteroatoms. The van der Waals surface area contributed by atoms with Gasteiger partial charge in [0.05, 0.1) is 12.1 Å². The van der Waals surface area contributed by atoms with Gasteiger partial charge < -0.3 is 10.6 Å². The van der Waals surface area contributed by atoms with Crippen molar-refractivity contribution in [2.45, 2.75) is 58.5 Å². The molecule has 1 aromatic carbocycles. The highest BCUT2D eigenvalue weighted by atomic mass is 19.1. The van der Waals surface area contributed by atoms with Crippen LogP contribution < -0.4 is 10.6 Å². The van der Waals surface area contributed by atoms with E-state index < -0.39 is 0 Å². The number of halogens is 1. The molecule has 1 aromatic rings. The Morgan fingerprint density at radius 2 is 2.04 bits per heavy atom. The number of aliphatic imine (C=N–C) groups is 1. The molecule has 1 spiro atoms. The van der Waals surface area contributed by atoms with Crippen LogP contribution in [0.5, 0.6) is 0 Å². The third-order valence-corrected chi connectivity index (χ3v) is 5.71. The molecule has 1 aliphatic carbocycles. The standard InChI is InChI=1S/C20H30FN3/c1-19(2,3)16-7-9-20(10-8-16)18(22-11-12-24-20)23-14-15-5-4-6-17(21)13-15/h4-6,13,16,24H,7-12,14H2,1-3H3,(H,22,23). The topological polar surface area (TPSA) is 36.4 Å². The van der Waals surface area contributed by atoms with Crippen LogP contribution in [0.2, 0.25) is 0 Å². The maximum atomic E-state index is 13.4. The molecule has 1 saturated carbocycles. The average molecular weight is 331 g/mol. The zero-order valence-corrected chi connectivity index (χ0v) is 15.2. The number of hydrogen-bond donors (Lipinski definition) is 2. The summed E-state index contributed by atoms with van der Waals surface area (Å²) in [5, 5.41) is 7.24. The molecule has 3 nitrogen and oxygen atoms in total. The molecule has 132 valence electrons. The molecule has 0 amide bonds. The highest BCUT2D eigenvalue weighted by Crippen LogP contribution is 2.42. The predicted octanol–water partition coefficient (Wildman–Crippen LogP) is 3.89. The van der Waals surface area contributed by atoms with Gasteiger partial charge in [-0.3, -0.25) is 4.99 Å². The second-order valence-electron chi connectivity index (χ2n) is 8.36. The lowest BCUT2D eigenvalue weighted by molar-refractivity contribution is 0.139. The van der Waals surface area contributed by atoms with Crippen molar-refractivity contribution in [2.24, 2.45) is 16.3 Å². The first-order valence-electron chi connectivity index (χ1n) is 9.17. The van der Waals surface area contributed by atoms with Crippen LogP contribution in [-0.4, -0.2) is 24.5 Å². The second-order valence-corrected chi connectivity index (χ2v) is 8.36. The monoisotopic (exact) mass is 331 g/mol. The Hall–Kier alpha value is -1.42. The van der Waals surface area contributed by atoms with E-state index in [1.165, 1.54) is 18.9 Å². The molecule has 1 aliphatic heterocycles. The highest BCUT2D eigenvalue weighted by Gasteiger charge is 2.42. The summed E-state index contributed by atoms with van der Waals surface area (Å²) in [5.41, 5.74) is 1.33. The van der Waals surface area contributed by atoms with E-state index in [1.54, 1.807) is 12.1 Å². The van der Waals surface area contributed by atoms with Gasteiger partial charge in [-0.2, -0.15) is 0 Å². The van der Waals surface area contributed by atoms with Crippen molar-refractivity contribution < 1.29 is 4.39 Å². The zero-order valence-electron chi connectivity index (χ0n) is 15.2. The Bertz CT molecular complexity index is 595. The van der Waals surface area contributed by atoms with Gasteiger partial charge in [0.25, 0.3) is 0 Å². The van der Waals surface area contributed by atoms with Crippen LogP contribution in [0.4, 0.5) is 4.39 Å². The number of nitrogens with one attached hydrogen (secondary N) is 2. The van der Waals surface area contributed by atoms with Gasteiger partial charge in [-0.25, -0.2) is 4.39 Å². The molecule has 0 bridgehead atoms. The first-order valence-corrected chi connectivity index (χ1v) is 9.17. The van der Waals surface area contributed by atoms with Gasteiger partial charge in [-0.1, -0.05) is 32.9 Å². The minimum atomic E-state index is -0.182. The minimum absolute atomic E-state index is 0.00662. The zero-order chi connectivity index (χ0) is 17.2. The Kier molecular flexibility index (Phi) is 4.95. The van der Waals surface area contributed by atoms with Crippen molar-refractivity contribution in [3.8, 4) is 0 Å². The summed E-state index contributed by atoms with van der Waals surface area (Å²) in [5.74, 6) is 1.67. The van der Waals surface area contributed by atoms with Crippen molar-refractivity contribution in [3.05, 3.63) is 35.6 Å². The summed E-state index contributed by atoms with van der Waals surface area (Å²) in [7, 11) is 0. The summed E-state index contributed by atoms with van der Waals surface area (Å²) in [4.78, 5) is 4.78. The van der Waals surface area contributed by atoms with E-state index in [1.807, 2.05) is 6.07 Å². The lowest BCUT2D eigenvalue weighted by atomic mass is 9.66. The van der Waals surface area contributed by atoms with E-state index in [0.717, 1.165) is 43.2 Å². The van der Waals surface area contributed by atoms with Crippen LogP contribution in [0, 0.1) is 17.2 Å². The predicted molar refractivity (Wildman–Crippen MR) is 97.7 cm³/mol. The van der Waals surface area contributed by atoms with Gasteiger partial charge in [-0.15, -0.1) is 0 Å². The van der Waals surface area contributed by atoms with Gasteiger partial charge >= 0.3 is 0 Å². The molecule has 1 heterocycles. The van der Waals surface area contributed by atoms with Crippen LogP contribution in [0.15, 0.2) is 29.3 Å². The molecular weight excluding hydrogens is 301 g/mol. The first-order chi connectivity index (χ1) is 11.4. The van der Waals surface area contributed by atoms with Crippen LogP contribution in [-0.2, 0) is 6.54 Å². The van der Waals surface area contributed by atoms with Crippen molar-refractivity contribution in [2.75, 3.05) is 13.1 Å². The molecule has 3 rings (SSSR count). The van der Waals surface area contributed by atoms with Crippen LogP contribution in [0.1, 0.15) is 52.0 Å². The second kappa shape index (κ2) is 6.83. The molecular formula is C20H30FN3. The summed E-state index contributed by atoms with van der Waals surface area (Å²) in [6, 6.07) is 6.79. The molecule has 1 fully saturated rings. The summed E-state index contributed by atoms with van der Waals surface area (Å²) >= 11 is 0. The fourth-order valence-electron chi connectivity index (χ4n) is 4.15. The van der Waals surface area contributed by atoms with Gasteiger partial charge in [0.15, 0.2) is 0 Å². The van der Waals surface area contributed by atoms with E-state index in [0.29, 0.717) is 12.0 Å². The average Bonchev–Trinajstić information content (AvgIpc) is 2.54. The normalized spacial score (nSPS) is 27.8. The Balaban J connectivity index is 1.67. The lowest BCUT2D eigenvalue weighted by Crippen LogP contribution is -2.61. The molecule has 2 aliphatic rings. The quantitative estimate of drug-likeness (QED) is 0.862. The Morgan fingerprint density at radius 1 is 1.29 bits per heavy atom. The van der Waals surface area contributed by atoms with E-state index in [2.05, 4.69) is 31.4 Å². The number of benzene rings is 1. The van der Waals surface area contributed by atoms with Gasteiger partial charge in [0.1, 0.15) is 11.7 Å². The third-order valence-electron chi connectivity index (χ3n) is 5.71. The third kappa shape index (κ3) is 3.80. The largest absolute Gasteiger partial charge is 0.368 e. The van der Waals surface area contributed by atoms with Gasteiger partial charge in [-0.05, 0) is 54.7 Å². The minimum Gasteiger partial charge on any atom is -0.368 e. The summed E-state index contributed by atoms with van der Waals surface area (Å²) < 4.78 is 13.4. The summed E-state index contributed by atoms with van der Waals surface area (Å²) in [6.45, 7) is 9.44. The van der Waals surface area contributed by atoms with Crippen molar-refractivity contribution in [3.63, 3.8) is 0 Å². The SMILES string of the molecule is CC(C)(C)C1CCC2(CC1)NCCN=C2NCc1cccc(F)c1. The fraction of sp³-hybridized carbons (Fsp3) is 0.650. The maximum Gasteiger partial charge on any atom is 0.123 e. The van der Waals surface area contributed by atoms with E-state index >= 15 is 0 Å². The molecule has 24 heavy (non-hydrogen) atoms. The van der Waals surface area contributed by atoms with Gasteiger partial charge in [0, 0.05) is 13.1 Å². The summed E-state index contributed by atoms with van der Waals surface area (Å²) in [6.07, 6.45) is 4.72. The fourth-order valence-corrected chi connectivity index (χ4v) is 4.15. The van der Waals surface area contributed by atoms with Crippen LogP contribution in [0.3, 0.4) is 0 Å². The molecule has 0 radical (unpaired) electrons. The number of amidine groups is 1. The van der Waals surface area contributed by atoms with Crippen molar-refractivity contribution in [1.82, 2.24) is 10.6 Å². The number of rotatable bonds is 2. The lowest BCUT2D eigenvalue weighted by Gasteiger charge is -2.46. The highest BCUT2D eigenvalue weighted by molar-refractivity contribution is 5.92. The van der Waals surface area contributed by atoms with E-state index in [9.17, 15) is 4.39 Å². The molecule has 0 atom stereocenters. The number of nitrogens with zero attached hydrogens (tertiary/aromatic N) is 1. The maximum absolute atomic E-state index is 13.4. The Morgan fingerprint density at radius 3 is 2.71 bits per heavy atom. The van der Waals surface area contributed by atoms with Crippen LogP contribution >= 0.6 is 0 Å². The molecule has 0 aromatic heterocycles.